The summed E-state index contributed by atoms with van der Waals surface area (Å²) < 4.78 is 15.6. The Balaban J connectivity index is 2.02. The first-order valence-corrected chi connectivity index (χ1v) is 10.9. The normalized spacial score (nSPS) is 21.3. The highest BCUT2D eigenvalue weighted by atomic mass is 79.9. The fourth-order valence-electron chi connectivity index (χ4n) is 4.18. The van der Waals surface area contributed by atoms with Crippen LogP contribution in [-0.4, -0.2) is 5.78 Å². The average molecular weight is 472 g/mol. The molecule has 148 valence electrons. The van der Waals surface area contributed by atoms with Gasteiger partial charge in [-0.2, -0.15) is 5.26 Å². The van der Waals surface area contributed by atoms with Crippen molar-refractivity contribution in [1.82, 2.24) is 0 Å². The van der Waals surface area contributed by atoms with Gasteiger partial charge in [0, 0.05) is 32.4 Å². The minimum atomic E-state index is -0.530. The van der Waals surface area contributed by atoms with E-state index in [0.29, 0.717) is 24.1 Å². The Morgan fingerprint density at radius 1 is 1.34 bits per heavy atom. The molecule has 1 aliphatic carbocycles. The predicted molar refractivity (Wildman–Crippen MR) is 116 cm³/mol. The topological polar surface area (TPSA) is 70.1 Å². The highest BCUT2D eigenvalue weighted by Crippen LogP contribution is 2.51. The quantitative estimate of drug-likeness (QED) is 0.619. The number of Topliss-reactive ketones (excluding diaryl/α,β-unsaturated/α-hetero) is 1. The number of rotatable bonds is 2. The lowest BCUT2D eigenvalue weighted by Gasteiger charge is -2.43. The molecule has 7 heteroatoms. The van der Waals surface area contributed by atoms with Crippen molar-refractivity contribution >= 4 is 38.7 Å². The van der Waals surface area contributed by atoms with Crippen LogP contribution in [-0.2, 0) is 4.79 Å². The molecule has 0 bridgehead atoms. The molecule has 2 aromatic rings. The van der Waals surface area contributed by atoms with Gasteiger partial charge in [0.25, 0.3) is 0 Å². The van der Waals surface area contributed by atoms with E-state index in [0.717, 1.165) is 9.35 Å². The van der Waals surface area contributed by atoms with E-state index in [4.69, 9.17) is 5.73 Å². The standard InChI is InChI=1S/C22H19BrFN3OS/c1-22(2)8-16-20(17(28)9-22)19(18-7-12(23)11-29-18)13(10-25)21(26)27(16)15-6-4-3-5-14(15)24/h3-7,11,19H,8-9,26H2,1-2H3. The smallest absolute Gasteiger partial charge is 0.162 e. The Hall–Kier alpha value is -2.43. The first-order valence-electron chi connectivity index (χ1n) is 9.18. The zero-order chi connectivity index (χ0) is 20.9. The minimum Gasteiger partial charge on any atom is -0.384 e. The van der Waals surface area contributed by atoms with E-state index in [2.05, 4.69) is 22.0 Å². The zero-order valence-corrected chi connectivity index (χ0v) is 18.4. The lowest BCUT2D eigenvalue weighted by Crippen LogP contribution is -2.42. The van der Waals surface area contributed by atoms with E-state index in [1.165, 1.54) is 17.4 Å². The van der Waals surface area contributed by atoms with Gasteiger partial charge in [0.2, 0.25) is 0 Å². The number of hydrogen-bond donors (Lipinski definition) is 1. The van der Waals surface area contributed by atoms with Crippen LogP contribution in [0.15, 0.2) is 62.8 Å². The Morgan fingerprint density at radius 3 is 2.69 bits per heavy atom. The first kappa shape index (κ1) is 19.9. The van der Waals surface area contributed by atoms with Crippen molar-refractivity contribution in [3.05, 3.63) is 73.5 Å². The summed E-state index contributed by atoms with van der Waals surface area (Å²) in [6, 6.07) is 10.4. The molecule has 4 nitrogen and oxygen atoms in total. The summed E-state index contributed by atoms with van der Waals surface area (Å²) in [5.74, 6) is -0.825. The summed E-state index contributed by atoms with van der Waals surface area (Å²) in [5.41, 5.74) is 7.94. The van der Waals surface area contributed by atoms with Crippen LogP contribution < -0.4 is 10.6 Å². The predicted octanol–water partition coefficient (Wildman–Crippen LogP) is 5.59. The molecule has 0 radical (unpaired) electrons. The molecular formula is C22H19BrFN3OS. The fourth-order valence-corrected chi connectivity index (χ4v) is 5.74. The second-order valence-electron chi connectivity index (χ2n) is 8.10. The third-order valence-electron chi connectivity index (χ3n) is 5.35. The molecule has 1 aromatic carbocycles. The van der Waals surface area contributed by atoms with Crippen molar-refractivity contribution in [2.45, 2.75) is 32.6 Å². The molecule has 4 rings (SSSR count). The van der Waals surface area contributed by atoms with Crippen LogP contribution in [0.25, 0.3) is 0 Å². The molecule has 29 heavy (non-hydrogen) atoms. The van der Waals surface area contributed by atoms with Gasteiger partial charge in [-0.15, -0.1) is 11.3 Å². The van der Waals surface area contributed by atoms with Crippen LogP contribution in [0.5, 0.6) is 0 Å². The number of nitriles is 1. The molecule has 1 aliphatic heterocycles. The van der Waals surface area contributed by atoms with E-state index in [9.17, 15) is 14.4 Å². The van der Waals surface area contributed by atoms with Gasteiger partial charge in [-0.3, -0.25) is 9.69 Å². The Kier molecular flexibility index (Phi) is 4.88. The molecule has 0 fully saturated rings. The Bertz CT molecular complexity index is 1130. The highest BCUT2D eigenvalue weighted by Gasteiger charge is 2.45. The summed E-state index contributed by atoms with van der Waals surface area (Å²) in [6.45, 7) is 4.04. The molecular weight excluding hydrogens is 453 g/mol. The lowest BCUT2D eigenvalue weighted by atomic mass is 9.69. The Labute approximate surface area is 181 Å². The number of nitrogens with two attached hydrogens (primary N) is 1. The number of allylic oxidation sites excluding steroid dienone is 3. The van der Waals surface area contributed by atoms with Crippen LogP contribution in [0.1, 0.15) is 37.5 Å². The molecule has 0 saturated heterocycles. The molecule has 1 atom stereocenters. The van der Waals surface area contributed by atoms with Gasteiger partial charge < -0.3 is 5.73 Å². The summed E-state index contributed by atoms with van der Waals surface area (Å²) in [7, 11) is 0. The summed E-state index contributed by atoms with van der Waals surface area (Å²) in [5, 5.41) is 11.9. The largest absolute Gasteiger partial charge is 0.384 e. The minimum absolute atomic E-state index is 0.0210. The number of anilines is 1. The van der Waals surface area contributed by atoms with E-state index < -0.39 is 11.7 Å². The number of benzene rings is 1. The van der Waals surface area contributed by atoms with Crippen LogP contribution in [0.3, 0.4) is 0 Å². The van der Waals surface area contributed by atoms with Gasteiger partial charge in [-0.1, -0.05) is 26.0 Å². The van der Waals surface area contributed by atoms with Gasteiger partial charge in [0.1, 0.15) is 11.6 Å². The van der Waals surface area contributed by atoms with Gasteiger partial charge in [0.15, 0.2) is 5.78 Å². The monoisotopic (exact) mass is 471 g/mol. The number of ketones is 1. The third-order valence-corrected chi connectivity index (χ3v) is 7.11. The summed E-state index contributed by atoms with van der Waals surface area (Å²) in [4.78, 5) is 15.7. The van der Waals surface area contributed by atoms with E-state index in [1.807, 2.05) is 25.3 Å². The average Bonchev–Trinajstić information content (AvgIpc) is 3.07. The van der Waals surface area contributed by atoms with E-state index in [1.54, 1.807) is 23.1 Å². The van der Waals surface area contributed by atoms with Crippen molar-refractivity contribution in [2.75, 3.05) is 4.90 Å². The molecule has 0 amide bonds. The van der Waals surface area contributed by atoms with Crippen molar-refractivity contribution in [1.29, 1.82) is 5.26 Å². The van der Waals surface area contributed by atoms with Crippen LogP contribution >= 0.6 is 27.3 Å². The number of hydrogen-bond acceptors (Lipinski definition) is 5. The second kappa shape index (κ2) is 7.12. The third kappa shape index (κ3) is 3.30. The molecule has 1 aromatic heterocycles. The number of para-hydroxylation sites is 1. The second-order valence-corrected chi connectivity index (χ2v) is 9.96. The van der Waals surface area contributed by atoms with Gasteiger partial charge >= 0.3 is 0 Å². The number of carbonyl (C=O) groups excluding carboxylic acids is 1. The maximum atomic E-state index is 14.7. The molecule has 2 heterocycles. The van der Waals surface area contributed by atoms with Gasteiger partial charge in [0.05, 0.1) is 23.2 Å². The molecule has 2 N–H and O–H groups in total. The number of halogens is 2. The van der Waals surface area contributed by atoms with Crippen molar-refractivity contribution in [3.63, 3.8) is 0 Å². The number of carbonyl (C=O) groups is 1. The molecule has 1 unspecified atom stereocenters. The maximum Gasteiger partial charge on any atom is 0.162 e. The summed E-state index contributed by atoms with van der Waals surface area (Å²) >= 11 is 4.92. The van der Waals surface area contributed by atoms with Crippen LogP contribution in [0, 0.1) is 22.6 Å². The van der Waals surface area contributed by atoms with Gasteiger partial charge in [-0.05, 0) is 46.0 Å². The van der Waals surface area contributed by atoms with Gasteiger partial charge in [-0.25, -0.2) is 4.39 Å². The molecule has 0 saturated carbocycles. The number of nitrogens with zero attached hydrogens (tertiary/aromatic N) is 2. The van der Waals surface area contributed by atoms with Crippen molar-refractivity contribution in [3.8, 4) is 6.07 Å². The van der Waals surface area contributed by atoms with Crippen molar-refractivity contribution < 1.29 is 9.18 Å². The van der Waals surface area contributed by atoms with Crippen LogP contribution in [0.2, 0.25) is 0 Å². The van der Waals surface area contributed by atoms with Crippen molar-refractivity contribution in [2.24, 2.45) is 11.1 Å². The van der Waals surface area contributed by atoms with E-state index in [-0.39, 0.29) is 28.3 Å². The number of thiophene rings is 1. The van der Waals surface area contributed by atoms with Crippen LogP contribution in [0.4, 0.5) is 10.1 Å². The lowest BCUT2D eigenvalue weighted by molar-refractivity contribution is -0.118. The fraction of sp³-hybridized carbons (Fsp3) is 0.273. The molecule has 0 spiro atoms. The zero-order valence-electron chi connectivity index (χ0n) is 16.0. The van der Waals surface area contributed by atoms with E-state index >= 15 is 0 Å². The maximum absolute atomic E-state index is 14.7. The first-order chi connectivity index (χ1) is 13.7. The summed E-state index contributed by atoms with van der Waals surface area (Å²) in [6.07, 6.45) is 0.934. The highest BCUT2D eigenvalue weighted by molar-refractivity contribution is 9.10. The molecule has 2 aliphatic rings. The SMILES string of the molecule is CC1(C)CC(=O)C2=C(C1)N(c1ccccc1F)C(N)=C(C#N)C2c1cc(Br)cs1. The Morgan fingerprint density at radius 2 is 2.07 bits per heavy atom.